The van der Waals surface area contributed by atoms with Crippen LogP contribution in [0.25, 0.3) is 0 Å². The summed E-state index contributed by atoms with van der Waals surface area (Å²) in [6, 6.07) is 9.13. The smallest absolute Gasteiger partial charge is 0.242 e. The first-order valence-electron chi connectivity index (χ1n) is 5.37. The van der Waals surface area contributed by atoms with Crippen molar-refractivity contribution in [2.24, 2.45) is 0 Å². The summed E-state index contributed by atoms with van der Waals surface area (Å²) in [4.78, 5) is 26.3. The first-order chi connectivity index (χ1) is 8.15. The van der Waals surface area contributed by atoms with E-state index >= 15 is 0 Å². The molecule has 1 fully saturated rings. The zero-order valence-electron chi connectivity index (χ0n) is 9.42. The zero-order valence-corrected chi connectivity index (χ0v) is 10.2. The molecule has 4 nitrogen and oxygen atoms in total. The molecule has 1 aromatic carbocycles. The highest BCUT2D eigenvalue weighted by atomic mass is 32.1. The number of hydrogen-bond donors (Lipinski definition) is 0. The Morgan fingerprint density at radius 1 is 1.18 bits per heavy atom. The molecule has 17 heavy (non-hydrogen) atoms. The monoisotopic (exact) mass is 248 g/mol. The number of rotatable bonds is 2. The van der Waals surface area contributed by atoms with Crippen molar-refractivity contribution in [2.45, 2.75) is 13.3 Å². The van der Waals surface area contributed by atoms with E-state index in [1.54, 1.807) is 12.1 Å². The summed E-state index contributed by atoms with van der Waals surface area (Å²) >= 11 is 5.19. The molecule has 1 heterocycles. The molecule has 1 aliphatic rings. The molecule has 1 aromatic rings. The molecule has 0 radical (unpaired) electrons. The number of nitrogens with zero attached hydrogens (tertiary/aromatic N) is 2. The number of thiocarbonyl (C=S) groups is 1. The van der Waals surface area contributed by atoms with E-state index in [1.165, 1.54) is 9.80 Å². The van der Waals surface area contributed by atoms with Crippen molar-refractivity contribution < 1.29 is 9.59 Å². The average molecular weight is 248 g/mol. The first kappa shape index (κ1) is 11.7. The molecular formula is C12H12N2O2S. The number of para-hydroxylation sites is 1. The van der Waals surface area contributed by atoms with Crippen LogP contribution in [-0.2, 0) is 9.59 Å². The lowest BCUT2D eigenvalue weighted by Gasteiger charge is -2.34. The molecule has 5 heteroatoms. The van der Waals surface area contributed by atoms with Crippen molar-refractivity contribution in [3.63, 3.8) is 0 Å². The molecule has 1 aliphatic heterocycles. The summed E-state index contributed by atoms with van der Waals surface area (Å²) in [5.41, 5.74) is 0.702. The van der Waals surface area contributed by atoms with Gasteiger partial charge < -0.3 is 0 Å². The van der Waals surface area contributed by atoms with Gasteiger partial charge in [-0.25, -0.2) is 0 Å². The van der Waals surface area contributed by atoms with Gasteiger partial charge in [0.15, 0.2) is 5.11 Å². The normalized spacial score (nSPS) is 16.6. The lowest BCUT2D eigenvalue weighted by atomic mass is 10.2. The van der Waals surface area contributed by atoms with Crippen molar-refractivity contribution in [1.82, 2.24) is 4.90 Å². The predicted molar refractivity (Wildman–Crippen MR) is 68.5 cm³/mol. The third-order valence-corrected chi connectivity index (χ3v) is 3.01. The van der Waals surface area contributed by atoms with Crippen LogP contribution >= 0.6 is 12.2 Å². The van der Waals surface area contributed by atoms with Gasteiger partial charge in [-0.15, -0.1) is 0 Å². The molecule has 0 atom stereocenters. The SMILES string of the molecule is CCN1C(=O)CC(=O)N(c2ccccc2)C1=S. The maximum absolute atomic E-state index is 11.9. The van der Waals surface area contributed by atoms with E-state index in [2.05, 4.69) is 0 Å². The molecule has 0 N–H and O–H groups in total. The Morgan fingerprint density at radius 3 is 2.41 bits per heavy atom. The minimum absolute atomic E-state index is 0.122. The highest BCUT2D eigenvalue weighted by Crippen LogP contribution is 2.21. The van der Waals surface area contributed by atoms with Crippen LogP contribution in [0.1, 0.15) is 13.3 Å². The zero-order chi connectivity index (χ0) is 12.4. The Kier molecular flexibility index (Phi) is 3.19. The third kappa shape index (κ3) is 2.06. The van der Waals surface area contributed by atoms with Gasteiger partial charge in [0.1, 0.15) is 6.42 Å². The minimum Gasteiger partial charge on any atom is -0.288 e. The quantitative estimate of drug-likeness (QED) is 0.589. The Hall–Kier alpha value is -1.75. The van der Waals surface area contributed by atoms with Crippen molar-refractivity contribution in [2.75, 3.05) is 11.4 Å². The van der Waals surface area contributed by atoms with Crippen LogP contribution in [0.4, 0.5) is 5.69 Å². The van der Waals surface area contributed by atoms with Crippen LogP contribution in [0.3, 0.4) is 0 Å². The molecule has 88 valence electrons. The molecule has 0 spiro atoms. The molecule has 0 bridgehead atoms. The Balaban J connectivity index is 2.37. The van der Waals surface area contributed by atoms with Crippen LogP contribution < -0.4 is 4.90 Å². The maximum Gasteiger partial charge on any atom is 0.242 e. The lowest BCUT2D eigenvalue weighted by Crippen LogP contribution is -2.55. The summed E-state index contributed by atoms with van der Waals surface area (Å²) in [6.07, 6.45) is -0.122. The molecule has 0 aromatic heterocycles. The van der Waals surface area contributed by atoms with Gasteiger partial charge in [0.25, 0.3) is 0 Å². The molecule has 0 unspecified atom stereocenters. The van der Waals surface area contributed by atoms with Crippen LogP contribution in [0.2, 0.25) is 0 Å². The van der Waals surface area contributed by atoms with Crippen LogP contribution in [0, 0.1) is 0 Å². The molecule has 2 amide bonds. The van der Waals surface area contributed by atoms with Gasteiger partial charge in [-0.3, -0.25) is 19.4 Å². The molecular weight excluding hydrogens is 236 g/mol. The van der Waals surface area contributed by atoms with E-state index in [4.69, 9.17) is 12.2 Å². The van der Waals surface area contributed by atoms with E-state index in [0.717, 1.165) is 0 Å². The summed E-state index contributed by atoms with van der Waals surface area (Å²) in [5.74, 6) is -0.495. The number of hydrogen-bond acceptors (Lipinski definition) is 3. The van der Waals surface area contributed by atoms with E-state index in [1.807, 2.05) is 25.1 Å². The Morgan fingerprint density at radius 2 is 1.82 bits per heavy atom. The van der Waals surface area contributed by atoms with Gasteiger partial charge in [0, 0.05) is 6.54 Å². The molecule has 1 saturated heterocycles. The second-order valence-electron chi connectivity index (χ2n) is 3.66. The van der Waals surface area contributed by atoms with E-state index in [9.17, 15) is 9.59 Å². The van der Waals surface area contributed by atoms with Gasteiger partial charge in [0.2, 0.25) is 11.8 Å². The number of anilines is 1. The largest absolute Gasteiger partial charge is 0.288 e. The summed E-state index contributed by atoms with van der Waals surface area (Å²) < 4.78 is 0. The number of carbonyl (C=O) groups is 2. The van der Waals surface area contributed by atoms with Crippen LogP contribution in [0.5, 0.6) is 0 Å². The van der Waals surface area contributed by atoms with Gasteiger partial charge in [-0.1, -0.05) is 18.2 Å². The molecule has 2 rings (SSSR count). The van der Waals surface area contributed by atoms with Crippen molar-refractivity contribution >= 4 is 34.8 Å². The van der Waals surface area contributed by atoms with Crippen molar-refractivity contribution in [3.8, 4) is 0 Å². The minimum atomic E-state index is -0.268. The summed E-state index contributed by atoms with van der Waals surface area (Å²) in [7, 11) is 0. The van der Waals surface area contributed by atoms with E-state index in [0.29, 0.717) is 12.2 Å². The van der Waals surface area contributed by atoms with Crippen LogP contribution in [0.15, 0.2) is 30.3 Å². The molecule has 0 saturated carbocycles. The van der Waals surface area contributed by atoms with Crippen molar-refractivity contribution in [1.29, 1.82) is 0 Å². The fourth-order valence-electron chi connectivity index (χ4n) is 1.78. The van der Waals surface area contributed by atoms with E-state index < -0.39 is 0 Å². The average Bonchev–Trinajstić information content (AvgIpc) is 2.30. The second-order valence-corrected chi connectivity index (χ2v) is 4.03. The van der Waals surface area contributed by atoms with Gasteiger partial charge in [-0.2, -0.15) is 0 Å². The highest BCUT2D eigenvalue weighted by Gasteiger charge is 2.34. The Labute approximate surface area is 105 Å². The highest BCUT2D eigenvalue weighted by molar-refractivity contribution is 7.80. The number of benzene rings is 1. The summed E-state index contributed by atoms with van der Waals surface area (Å²) in [5, 5.41) is 0.264. The number of carbonyl (C=O) groups excluding carboxylic acids is 2. The Bertz CT molecular complexity index is 473. The molecule has 0 aliphatic carbocycles. The fourth-order valence-corrected chi connectivity index (χ4v) is 2.22. The number of amides is 2. The van der Waals surface area contributed by atoms with Gasteiger partial charge in [0.05, 0.1) is 5.69 Å². The first-order valence-corrected chi connectivity index (χ1v) is 5.78. The van der Waals surface area contributed by atoms with Gasteiger partial charge >= 0.3 is 0 Å². The van der Waals surface area contributed by atoms with E-state index in [-0.39, 0.29) is 23.3 Å². The maximum atomic E-state index is 11.9. The second kappa shape index (κ2) is 4.63. The topological polar surface area (TPSA) is 40.6 Å². The lowest BCUT2D eigenvalue weighted by molar-refractivity contribution is -0.133. The standard InChI is InChI=1S/C12H12N2O2S/c1-2-13-10(15)8-11(16)14(12(13)17)9-6-4-3-5-7-9/h3-7H,2,8H2,1H3. The third-order valence-electron chi connectivity index (χ3n) is 2.61. The van der Waals surface area contributed by atoms with Gasteiger partial charge in [-0.05, 0) is 31.3 Å². The fraction of sp³-hybridized carbons (Fsp3) is 0.250. The predicted octanol–water partition coefficient (Wildman–Crippen LogP) is 1.56. The van der Waals surface area contributed by atoms with Crippen molar-refractivity contribution in [3.05, 3.63) is 30.3 Å². The summed E-state index contributed by atoms with van der Waals surface area (Å²) in [6.45, 7) is 2.32. The van der Waals surface area contributed by atoms with Crippen LogP contribution in [-0.4, -0.2) is 28.4 Å².